The zero-order valence-electron chi connectivity index (χ0n) is 13.3. The number of rotatable bonds is 7. The molecule has 0 heterocycles. The quantitative estimate of drug-likeness (QED) is 0.797. The van der Waals surface area contributed by atoms with E-state index in [1.807, 2.05) is 0 Å². The van der Waals surface area contributed by atoms with Crippen molar-refractivity contribution in [3.8, 4) is 0 Å². The molecule has 0 aliphatic carbocycles. The van der Waals surface area contributed by atoms with Gasteiger partial charge in [-0.1, -0.05) is 30.7 Å². The molecular formula is C17H29NO. The van der Waals surface area contributed by atoms with E-state index in [4.69, 9.17) is 4.74 Å². The smallest absolute Gasteiger partial charge is 0.0820 e. The minimum absolute atomic E-state index is 0.204. The van der Waals surface area contributed by atoms with E-state index in [9.17, 15) is 0 Å². The Morgan fingerprint density at radius 3 is 2.42 bits per heavy atom. The molecule has 0 saturated carbocycles. The summed E-state index contributed by atoms with van der Waals surface area (Å²) in [6.45, 7) is 14.7. The molecule has 0 fully saturated rings. The SMILES string of the molecule is CCCNC(c1ccc(C)cc1C)C(C)(C)OCC. The number of aryl methyl sites for hydroxylation is 2. The second-order valence-corrected chi connectivity index (χ2v) is 5.78. The van der Waals surface area contributed by atoms with Gasteiger partial charge < -0.3 is 10.1 Å². The van der Waals surface area contributed by atoms with E-state index in [0.717, 1.165) is 19.6 Å². The van der Waals surface area contributed by atoms with Crippen molar-refractivity contribution in [3.63, 3.8) is 0 Å². The summed E-state index contributed by atoms with van der Waals surface area (Å²) in [6.07, 6.45) is 1.13. The summed E-state index contributed by atoms with van der Waals surface area (Å²) in [7, 11) is 0. The summed E-state index contributed by atoms with van der Waals surface area (Å²) in [5.41, 5.74) is 3.79. The predicted molar refractivity (Wildman–Crippen MR) is 82.7 cm³/mol. The summed E-state index contributed by atoms with van der Waals surface area (Å²) >= 11 is 0. The van der Waals surface area contributed by atoms with Gasteiger partial charge >= 0.3 is 0 Å². The zero-order chi connectivity index (χ0) is 14.5. The highest BCUT2D eigenvalue weighted by Gasteiger charge is 2.31. The summed E-state index contributed by atoms with van der Waals surface area (Å²) < 4.78 is 5.97. The van der Waals surface area contributed by atoms with Crippen LogP contribution in [-0.4, -0.2) is 18.8 Å². The molecule has 0 aliphatic rings. The van der Waals surface area contributed by atoms with Gasteiger partial charge in [-0.15, -0.1) is 0 Å². The van der Waals surface area contributed by atoms with E-state index in [-0.39, 0.29) is 11.6 Å². The summed E-state index contributed by atoms with van der Waals surface area (Å²) in [4.78, 5) is 0. The maximum atomic E-state index is 5.97. The van der Waals surface area contributed by atoms with Crippen molar-refractivity contribution in [2.75, 3.05) is 13.2 Å². The Balaban J connectivity index is 3.08. The second kappa shape index (κ2) is 7.06. The molecule has 0 aromatic heterocycles. The van der Waals surface area contributed by atoms with Crippen molar-refractivity contribution < 1.29 is 4.74 Å². The third kappa shape index (κ3) is 4.32. The van der Waals surface area contributed by atoms with Crippen molar-refractivity contribution in [2.24, 2.45) is 0 Å². The molecule has 1 atom stereocenters. The van der Waals surface area contributed by atoms with Crippen LogP contribution in [0.2, 0.25) is 0 Å². The molecule has 0 spiro atoms. The fraction of sp³-hybridized carbons (Fsp3) is 0.647. The lowest BCUT2D eigenvalue weighted by atomic mass is 9.88. The molecule has 2 nitrogen and oxygen atoms in total. The lowest BCUT2D eigenvalue weighted by molar-refractivity contribution is -0.0393. The molecule has 2 heteroatoms. The summed E-state index contributed by atoms with van der Waals surface area (Å²) in [5, 5.41) is 3.65. The van der Waals surface area contributed by atoms with Crippen molar-refractivity contribution >= 4 is 0 Å². The topological polar surface area (TPSA) is 21.3 Å². The number of benzene rings is 1. The number of hydrogen-bond acceptors (Lipinski definition) is 2. The van der Waals surface area contributed by atoms with Gasteiger partial charge in [0.25, 0.3) is 0 Å². The van der Waals surface area contributed by atoms with Gasteiger partial charge in [-0.2, -0.15) is 0 Å². The Kier molecular flexibility index (Phi) is 6.02. The number of nitrogens with one attached hydrogen (secondary N) is 1. The van der Waals surface area contributed by atoms with E-state index in [1.165, 1.54) is 16.7 Å². The average molecular weight is 263 g/mol. The molecule has 1 rings (SSSR count). The first-order valence-corrected chi connectivity index (χ1v) is 7.36. The van der Waals surface area contributed by atoms with Crippen LogP contribution in [0.1, 0.15) is 56.8 Å². The molecule has 0 saturated heterocycles. The predicted octanol–water partition coefficient (Wildman–Crippen LogP) is 4.16. The normalized spacial score (nSPS) is 13.6. The summed E-state index contributed by atoms with van der Waals surface area (Å²) in [6, 6.07) is 6.90. The minimum Gasteiger partial charge on any atom is -0.374 e. The lowest BCUT2D eigenvalue weighted by Gasteiger charge is -2.36. The molecule has 1 aromatic carbocycles. The summed E-state index contributed by atoms with van der Waals surface area (Å²) in [5.74, 6) is 0. The van der Waals surface area contributed by atoms with Crippen LogP contribution in [0.5, 0.6) is 0 Å². The first kappa shape index (κ1) is 16.2. The standard InChI is InChI=1S/C17H29NO/c1-7-11-18-16(17(5,6)19-8-2)15-10-9-13(3)12-14(15)4/h9-10,12,16,18H,7-8,11H2,1-6H3. The lowest BCUT2D eigenvalue weighted by Crippen LogP contribution is -2.42. The Morgan fingerprint density at radius 1 is 1.21 bits per heavy atom. The van der Waals surface area contributed by atoms with E-state index >= 15 is 0 Å². The second-order valence-electron chi connectivity index (χ2n) is 5.78. The highest BCUT2D eigenvalue weighted by molar-refractivity contribution is 5.34. The Bertz CT molecular complexity index is 398. The largest absolute Gasteiger partial charge is 0.374 e. The van der Waals surface area contributed by atoms with Gasteiger partial charge in [0.1, 0.15) is 0 Å². The maximum absolute atomic E-state index is 5.97. The van der Waals surface area contributed by atoms with Gasteiger partial charge in [0, 0.05) is 6.61 Å². The molecule has 0 amide bonds. The van der Waals surface area contributed by atoms with Crippen LogP contribution in [-0.2, 0) is 4.74 Å². The third-order valence-electron chi connectivity index (χ3n) is 3.55. The van der Waals surface area contributed by atoms with Gasteiger partial charge in [-0.3, -0.25) is 0 Å². The van der Waals surface area contributed by atoms with Crippen LogP contribution in [0.25, 0.3) is 0 Å². The monoisotopic (exact) mass is 263 g/mol. The highest BCUT2D eigenvalue weighted by atomic mass is 16.5. The van der Waals surface area contributed by atoms with Gasteiger partial charge in [-0.05, 0) is 58.7 Å². The first-order valence-electron chi connectivity index (χ1n) is 7.36. The van der Waals surface area contributed by atoms with E-state index in [0.29, 0.717) is 0 Å². The van der Waals surface area contributed by atoms with Gasteiger partial charge in [0.05, 0.1) is 11.6 Å². The zero-order valence-corrected chi connectivity index (χ0v) is 13.3. The van der Waals surface area contributed by atoms with Gasteiger partial charge in [0.2, 0.25) is 0 Å². The highest BCUT2D eigenvalue weighted by Crippen LogP contribution is 2.31. The molecule has 108 valence electrons. The molecule has 0 aliphatic heterocycles. The minimum atomic E-state index is -0.204. The molecule has 19 heavy (non-hydrogen) atoms. The molecule has 0 radical (unpaired) electrons. The van der Waals surface area contributed by atoms with E-state index < -0.39 is 0 Å². The number of ether oxygens (including phenoxy) is 1. The van der Waals surface area contributed by atoms with Gasteiger partial charge in [-0.25, -0.2) is 0 Å². The van der Waals surface area contributed by atoms with Crippen molar-refractivity contribution in [1.29, 1.82) is 0 Å². The van der Waals surface area contributed by atoms with E-state index in [2.05, 4.69) is 65.1 Å². The average Bonchev–Trinajstić information content (AvgIpc) is 2.31. The van der Waals surface area contributed by atoms with Crippen LogP contribution in [0.15, 0.2) is 18.2 Å². The van der Waals surface area contributed by atoms with Crippen LogP contribution in [0.4, 0.5) is 0 Å². The molecule has 1 N–H and O–H groups in total. The fourth-order valence-electron chi connectivity index (χ4n) is 2.62. The van der Waals surface area contributed by atoms with Crippen molar-refractivity contribution in [2.45, 2.75) is 59.6 Å². The van der Waals surface area contributed by atoms with Gasteiger partial charge in [0.15, 0.2) is 0 Å². The maximum Gasteiger partial charge on any atom is 0.0820 e. The molecule has 0 bridgehead atoms. The van der Waals surface area contributed by atoms with Crippen molar-refractivity contribution in [3.05, 3.63) is 34.9 Å². The third-order valence-corrected chi connectivity index (χ3v) is 3.55. The Labute approximate surface area is 118 Å². The van der Waals surface area contributed by atoms with Crippen LogP contribution < -0.4 is 5.32 Å². The van der Waals surface area contributed by atoms with Crippen LogP contribution in [0.3, 0.4) is 0 Å². The molecule has 1 unspecified atom stereocenters. The Hall–Kier alpha value is -0.860. The fourth-order valence-corrected chi connectivity index (χ4v) is 2.62. The first-order chi connectivity index (χ1) is 8.92. The molecular weight excluding hydrogens is 234 g/mol. The van der Waals surface area contributed by atoms with E-state index in [1.54, 1.807) is 0 Å². The molecule has 1 aromatic rings. The van der Waals surface area contributed by atoms with Crippen LogP contribution in [0, 0.1) is 13.8 Å². The Morgan fingerprint density at radius 2 is 1.89 bits per heavy atom. The number of hydrogen-bond donors (Lipinski definition) is 1. The van der Waals surface area contributed by atoms with Crippen molar-refractivity contribution in [1.82, 2.24) is 5.32 Å². The van der Waals surface area contributed by atoms with Crippen LogP contribution >= 0.6 is 0 Å².